The number of thiocarbonyl (C=S) groups is 1. The fourth-order valence-corrected chi connectivity index (χ4v) is 3.89. The minimum Gasteiger partial charge on any atom is -0.376 e. The summed E-state index contributed by atoms with van der Waals surface area (Å²) in [6.45, 7) is 10.3. The highest BCUT2D eigenvalue weighted by molar-refractivity contribution is 7.80. The molecule has 1 aliphatic rings. The Morgan fingerprint density at radius 1 is 1.43 bits per heavy atom. The first kappa shape index (κ1) is 20.8. The zero-order valence-electron chi connectivity index (χ0n) is 17.3. The van der Waals surface area contributed by atoms with Gasteiger partial charge in [-0.15, -0.1) is 0 Å². The van der Waals surface area contributed by atoms with E-state index in [4.69, 9.17) is 17.0 Å². The number of pyridine rings is 1. The number of nitrogens with zero attached hydrogens (tertiary/aromatic N) is 1. The van der Waals surface area contributed by atoms with Crippen LogP contribution in [0.25, 0.3) is 10.9 Å². The first-order chi connectivity index (χ1) is 13.4. The monoisotopic (exact) mass is 401 g/mol. The van der Waals surface area contributed by atoms with Crippen molar-refractivity contribution in [2.75, 3.05) is 13.2 Å². The summed E-state index contributed by atoms with van der Waals surface area (Å²) in [5.74, 6) is 0. The van der Waals surface area contributed by atoms with E-state index in [2.05, 4.69) is 48.1 Å². The molecular weight excluding hydrogens is 370 g/mol. The van der Waals surface area contributed by atoms with Crippen LogP contribution >= 0.6 is 12.2 Å². The van der Waals surface area contributed by atoms with Crippen LogP contribution in [0.2, 0.25) is 0 Å². The molecule has 2 N–H and O–H groups in total. The number of aromatic nitrogens is 1. The Hall–Kier alpha value is -1.92. The van der Waals surface area contributed by atoms with Crippen molar-refractivity contribution in [1.29, 1.82) is 0 Å². The van der Waals surface area contributed by atoms with E-state index in [1.807, 2.05) is 13.0 Å². The molecule has 5 nitrogen and oxygen atoms in total. The van der Waals surface area contributed by atoms with Gasteiger partial charge in [-0.1, -0.05) is 19.1 Å². The van der Waals surface area contributed by atoms with Gasteiger partial charge in [-0.05, 0) is 74.8 Å². The van der Waals surface area contributed by atoms with E-state index in [0.29, 0.717) is 24.2 Å². The highest BCUT2D eigenvalue weighted by Gasteiger charge is 2.22. The van der Waals surface area contributed by atoms with Gasteiger partial charge in [-0.2, -0.15) is 0 Å². The molecule has 0 amide bonds. The molecule has 1 fully saturated rings. The van der Waals surface area contributed by atoms with Crippen LogP contribution in [0, 0.1) is 13.8 Å². The van der Waals surface area contributed by atoms with Crippen molar-refractivity contribution in [3.05, 3.63) is 45.2 Å². The van der Waals surface area contributed by atoms with Crippen LogP contribution in [-0.2, 0) is 11.3 Å². The smallest absolute Gasteiger partial charge is 0.253 e. The topological polar surface area (TPSA) is 57.4 Å². The molecular formula is C22H31N3O2S. The molecule has 0 spiro atoms. The number of hydrogen-bond acceptors (Lipinski definition) is 3. The van der Waals surface area contributed by atoms with Crippen molar-refractivity contribution in [3.8, 4) is 0 Å². The molecule has 0 unspecified atom stereocenters. The summed E-state index contributed by atoms with van der Waals surface area (Å²) in [4.78, 5) is 18.0. The Bertz CT molecular complexity index is 903. The Labute approximate surface area is 172 Å². The zero-order chi connectivity index (χ0) is 20.3. The summed E-state index contributed by atoms with van der Waals surface area (Å²) >= 11 is 5.68. The molecule has 0 bridgehead atoms. The highest BCUT2D eigenvalue weighted by Crippen LogP contribution is 2.20. The second kappa shape index (κ2) is 9.05. The Balaban J connectivity index is 1.88. The number of H-pyrrole nitrogens is 1. The molecule has 6 heteroatoms. The van der Waals surface area contributed by atoms with Crippen molar-refractivity contribution in [2.45, 2.75) is 65.6 Å². The van der Waals surface area contributed by atoms with Crippen molar-refractivity contribution in [2.24, 2.45) is 0 Å². The predicted octanol–water partition coefficient (Wildman–Crippen LogP) is 3.80. The lowest BCUT2D eigenvalue weighted by molar-refractivity contribution is 0.0895. The van der Waals surface area contributed by atoms with Gasteiger partial charge in [0.2, 0.25) is 0 Å². The van der Waals surface area contributed by atoms with Crippen LogP contribution in [0.5, 0.6) is 0 Å². The van der Waals surface area contributed by atoms with Crippen LogP contribution in [-0.4, -0.2) is 40.3 Å². The third-order valence-corrected chi connectivity index (χ3v) is 6.08. The van der Waals surface area contributed by atoms with Gasteiger partial charge in [0.1, 0.15) is 0 Å². The number of aromatic amines is 1. The maximum absolute atomic E-state index is 12.8. The summed E-state index contributed by atoms with van der Waals surface area (Å²) in [5.41, 5.74) is 3.88. The molecule has 2 heterocycles. The summed E-state index contributed by atoms with van der Waals surface area (Å²) in [5, 5.41) is 5.12. The van der Waals surface area contributed by atoms with E-state index in [-0.39, 0.29) is 11.7 Å². The van der Waals surface area contributed by atoms with Crippen LogP contribution in [0.4, 0.5) is 0 Å². The summed E-state index contributed by atoms with van der Waals surface area (Å²) < 4.78 is 5.82. The van der Waals surface area contributed by atoms with Gasteiger partial charge < -0.3 is 19.9 Å². The fraction of sp³-hybridized carbons (Fsp3) is 0.545. The summed E-state index contributed by atoms with van der Waals surface area (Å²) in [7, 11) is 0. The summed E-state index contributed by atoms with van der Waals surface area (Å²) in [6, 6.07) is 6.45. The zero-order valence-corrected chi connectivity index (χ0v) is 18.1. The van der Waals surface area contributed by atoms with Crippen LogP contribution in [0.15, 0.2) is 23.0 Å². The Kier molecular flexibility index (Phi) is 6.73. The lowest BCUT2D eigenvalue weighted by Gasteiger charge is -2.29. The van der Waals surface area contributed by atoms with Gasteiger partial charge in [0.15, 0.2) is 5.11 Å². The third kappa shape index (κ3) is 4.73. The fourth-order valence-electron chi connectivity index (χ4n) is 3.55. The lowest BCUT2D eigenvalue weighted by atomic mass is 10.0. The quantitative estimate of drug-likeness (QED) is 0.721. The maximum Gasteiger partial charge on any atom is 0.253 e. The highest BCUT2D eigenvalue weighted by atomic mass is 32.1. The minimum atomic E-state index is -0.0510. The summed E-state index contributed by atoms with van der Waals surface area (Å²) in [6.07, 6.45) is 3.28. The van der Waals surface area contributed by atoms with Gasteiger partial charge >= 0.3 is 0 Å². The van der Waals surface area contributed by atoms with Gasteiger partial charge in [0.25, 0.3) is 5.56 Å². The predicted molar refractivity (Wildman–Crippen MR) is 119 cm³/mol. The molecule has 0 radical (unpaired) electrons. The molecule has 0 aliphatic carbocycles. The molecule has 1 aliphatic heterocycles. The Morgan fingerprint density at radius 3 is 2.89 bits per heavy atom. The maximum atomic E-state index is 12.8. The molecule has 3 rings (SSSR count). The third-order valence-electron chi connectivity index (χ3n) is 5.71. The van der Waals surface area contributed by atoms with E-state index in [9.17, 15) is 4.79 Å². The second-order valence-electron chi connectivity index (χ2n) is 7.87. The number of fused-ring (bicyclic) bond motifs is 1. The molecule has 152 valence electrons. The number of nitrogens with one attached hydrogen (secondary N) is 2. The van der Waals surface area contributed by atoms with Crippen molar-refractivity contribution < 1.29 is 4.74 Å². The van der Waals surface area contributed by atoms with Crippen molar-refractivity contribution >= 4 is 28.2 Å². The lowest BCUT2D eigenvalue weighted by Crippen LogP contribution is -2.46. The van der Waals surface area contributed by atoms with E-state index >= 15 is 0 Å². The van der Waals surface area contributed by atoms with E-state index < -0.39 is 0 Å². The number of hydrogen-bond donors (Lipinski definition) is 2. The van der Waals surface area contributed by atoms with Crippen LogP contribution < -0.4 is 10.9 Å². The average Bonchev–Trinajstić information content (AvgIpc) is 3.18. The number of ether oxygens (including phenoxy) is 1. The van der Waals surface area contributed by atoms with Crippen molar-refractivity contribution in [3.63, 3.8) is 0 Å². The molecule has 28 heavy (non-hydrogen) atoms. The Morgan fingerprint density at radius 2 is 2.21 bits per heavy atom. The van der Waals surface area contributed by atoms with Gasteiger partial charge in [0.05, 0.1) is 18.2 Å². The number of aryl methyl sites for hydroxylation is 2. The molecule has 1 saturated heterocycles. The van der Waals surface area contributed by atoms with E-state index in [1.165, 1.54) is 5.56 Å². The van der Waals surface area contributed by atoms with Crippen LogP contribution in [0.1, 0.15) is 49.8 Å². The number of benzene rings is 1. The molecule has 1 aromatic heterocycles. The van der Waals surface area contributed by atoms with Crippen molar-refractivity contribution in [1.82, 2.24) is 15.2 Å². The van der Waals surface area contributed by atoms with E-state index in [1.54, 1.807) is 0 Å². The largest absolute Gasteiger partial charge is 0.376 e. The van der Waals surface area contributed by atoms with Gasteiger partial charge in [0, 0.05) is 24.8 Å². The molecule has 2 atom stereocenters. The standard InChI is InChI=1S/C22H31N3O2S/c1-5-15(3)23-22(28)25(13-19-7-6-10-27-19)12-18-11-17-9-8-14(2)16(4)20(17)24-21(18)26/h8-9,11,15,19H,5-7,10,12-13H2,1-4H3,(H,23,28)(H,24,26)/t15-,19-/m1/s1. The van der Waals surface area contributed by atoms with E-state index in [0.717, 1.165) is 47.9 Å². The minimum absolute atomic E-state index is 0.0510. The van der Waals surface area contributed by atoms with Gasteiger partial charge in [-0.3, -0.25) is 4.79 Å². The molecule has 0 saturated carbocycles. The molecule has 1 aromatic carbocycles. The van der Waals surface area contributed by atoms with Gasteiger partial charge in [-0.25, -0.2) is 0 Å². The van der Waals surface area contributed by atoms with Crippen LogP contribution in [0.3, 0.4) is 0 Å². The average molecular weight is 402 g/mol. The number of rotatable bonds is 6. The SMILES string of the molecule is CC[C@@H](C)NC(=S)N(Cc1cc2ccc(C)c(C)c2[nH]c1=O)C[C@H]1CCCO1. The first-order valence-corrected chi connectivity index (χ1v) is 10.6. The normalized spacial score (nSPS) is 17.6. The first-order valence-electron chi connectivity index (χ1n) is 10.2. The molecule has 2 aromatic rings. The second-order valence-corrected chi connectivity index (χ2v) is 8.26.